The monoisotopic (exact) mass is 773 g/mol. The zero-order valence-corrected chi connectivity index (χ0v) is 33.6. The third-order valence-corrected chi connectivity index (χ3v) is 12.3. The molecule has 8 aromatic carbocycles. The number of hydrogen-bond donors (Lipinski definition) is 0. The zero-order valence-electron chi connectivity index (χ0n) is 33.6. The number of fused-ring (bicyclic) bond motifs is 8. The smallest absolute Gasteiger partial charge is 0.376 e. The van der Waals surface area contributed by atoms with E-state index in [-0.39, 0.29) is 12.3 Å². The Balaban J connectivity index is 1.24. The maximum absolute atomic E-state index is 7.22. The highest BCUT2D eigenvalue weighted by Crippen LogP contribution is 2.57. The van der Waals surface area contributed by atoms with E-state index in [9.17, 15) is 0 Å². The van der Waals surface area contributed by atoms with Gasteiger partial charge in [-0.1, -0.05) is 130 Å². The molecule has 0 radical (unpaired) electrons. The average Bonchev–Trinajstić information content (AvgIpc) is 3.67. The number of anilines is 8. The van der Waals surface area contributed by atoms with Crippen molar-refractivity contribution in [3.05, 3.63) is 194 Å². The van der Waals surface area contributed by atoms with Crippen molar-refractivity contribution in [1.29, 1.82) is 0 Å². The molecule has 9 aromatic rings. The first kappa shape index (κ1) is 34.6. The third kappa shape index (κ3) is 5.13. The van der Waals surface area contributed by atoms with Crippen LogP contribution in [0, 0.1) is 0 Å². The lowest BCUT2D eigenvalue weighted by Crippen LogP contribution is -2.61. The van der Waals surface area contributed by atoms with Crippen LogP contribution in [-0.2, 0) is 5.41 Å². The minimum absolute atomic E-state index is 0.0569. The van der Waals surface area contributed by atoms with Gasteiger partial charge in [-0.2, -0.15) is 0 Å². The SMILES string of the molecule is CC(C)(C)c1ccc(N2c3cc(N(c4ccccc4)c4ccccc4)cc4c3B(c3oc5ccccc5c32)N2c3ccccc3Oc3cccc-4c32)c(-c2ccccc2)c1. The molecule has 5 nitrogen and oxygen atoms in total. The Morgan fingerprint density at radius 2 is 1.17 bits per heavy atom. The van der Waals surface area contributed by atoms with Crippen LogP contribution < -0.4 is 30.5 Å². The van der Waals surface area contributed by atoms with Crippen molar-refractivity contribution >= 4 is 74.4 Å². The van der Waals surface area contributed by atoms with E-state index in [1.165, 1.54) is 11.0 Å². The van der Waals surface area contributed by atoms with Gasteiger partial charge in [0.25, 0.3) is 0 Å². The fraction of sp³-hybridized carbons (Fsp3) is 0.0741. The van der Waals surface area contributed by atoms with Gasteiger partial charge in [-0.3, -0.25) is 0 Å². The molecule has 0 aliphatic carbocycles. The van der Waals surface area contributed by atoms with E-state index in [1.54, 1.807) is 0 Å². The molecule has 0 atom stereocenters. The number of furan rings is 1. The van der Waals surface area contributed by atoms with Crippen molar-refractivity contribution in [2.24, 2.45) is 0 Å². The lowest BCUT2D eigenvalue weighted by atomic mass is 9.45. The van der Waals surface area contributed by atoms with E-state index in [2.05, 4.69) is 217 Å². The maximum atomic E-state index is 7.22. The van der Waals surface area contributed by atoms with Gasteiger partial charge < -0.3 is 23.8 Å². The number of rotatable bonds is 5. The summed E-state index contributed by atoms with van der Waals surface area (Å²) in [6.45, 7) is 6.57. The molecule has 0 unspecified atom stereocenters. The highest BCUT2D eigenvalue weighted by molar-refractivity contribution is 6.93. The molecule has 0 spiro atoms. The number of para-hydroxylation sites is 6. The molecule has 3 aliphatic rings. The van der Waals surface area contributed by atoms with Crippen LogP contribution in [0.2, 0.25) is 0 Å². The fourth-order valence-corrected chi connectivity index (χ4v) is 9.63. The molecule has 0 N–H and O–H groups in total. The molecule has 6 heteroatoms. The second-order valence-electron chi connectivity index (χ2n) is 16.9. The topological polar surface area (TPSA) is 32.1 Å². The van der Waals surface area contributed by atoms with Gasteiger partial charge in [-0.05, 0) is 106 Å². The van der Waals surface area contributed by atoms with Crippen LogP contribution in [0.1, 0.15) is 26.3 Å². The van der Waals surface area contributed by atoms with Crippen LogP contribution >= 0.6 is 0 Å². The van der Waals surface area contributed by atoms with Crippen molar-refractivity contribution in [3.8, 4) is 33.8 Å². The molecule has 0 saturated carbocycles. The Bertz CT molecular complexity index is 3100. The predicted molar refractivity (Wildman–Crippen MR) is 249 cm³/mol. The summed E-state index contributed by atoms with van der Waals surface area (Å²) in [5.41, 5.74) is 17.2. The van der Waals surface area contributed by atoms with Crippen molar-refractivity contribution in [3.63, 3.8) is 0 Å². The van der Waals surface area contributed by atoms with Gasteiger partial charge in [-0.15, -0.1) is 0 Å². The van der Waals surface area contributed by atoms with Crippen molar-refractivity contribution in [1.82, 2.24) is 0 Å². The molecule has 12 rings (SSSR count). The second-order valence-corrected chi connectivity index (χ2v) is 16.9. The Hall–Kier alpha value is -7.44. The Morgan fingerprint density at radius 1 is 0.500 bits per heavy atom. The van der Waals surface area contributed by atoms with E-state index in [4.69, 9.17) is 9.15 Å². The molecule has 0 saturated heterocycles. The Labute approximate surface area is 350 Å². The molecule has 60 heavy (non-hydrogen) atoms. The summed E-state index contributed by atoms with van der Waals surface area (Å²) < 4.78 is 14.0. The normalized spacial score (nSPS) is 13.3. The van der Waals surface area contributed by atoms with Crippen molar-refractivity contribution in [2.75, 3.05) is 14.6 Å². The molecular weight excluding hydrogens is 733 g/mol. The van der Waals surface area contributed by atoms with Gasteiger partial charge in [0.05, 0.1) is 22.7 Å². The van der Waals surface area contributed by atoms with E-state index >= 15 is 0 Å². The average molecular weight is 774 g/mol. The van der Waals surface area contributed by atoms with Crippen molar-refractivity contribution in [2.45, 2.75) is 26.2 Å². The van der Waals surface area contributed by atoms with E-state index in [0.29, 0.717) is 0 Å². The molecule has 3 aliphatic heterocycles. The van der Waals surface area contributed by atoms with Gasteiger partial charge in [0.1, 0.15) is 17.0 Å². The molecule has 1 aromatic heterocycles. The fourth-order valence-electron chi connectivity index (χ4n) is 9.63. The first-order valence-corrected chi connectivity index (χ1v) is 20.7. The van der Waals surface area contributed by atoms with Crippen LogP contribution in [-0.4, -0.2) is 6.85 Å². The first-order chi connectivity index (χ1) is 29.4. The lowest BCUT2D eigenvalue weighted by Gasteiger charge is -2.46. The highest BCUT2D eigenvalue weighted by atomic mass is 16.5. The standard InChI is InChI=1S/C54H40BN3O2/c1-54(2,3)36-30-31-44(42(32-36)35-18-7-4-8-19-35)57-46-34-39(56(37-20-9-5-10-21-37)38-22-11-6-12-23-38)33-43-40-25-17-29-49-51(40)58(45-26-14-16-28-48(45)59-49)55(50(43)46)53-52(57)41-24-13-15-27-47(41)60-53/h4-34H,1-3H3. The quantitative estimate of drug-likeness (QED) is 0.163. The van der Waals surface area contributed by atoms with E-state index in [0.717, 1.165) is 95.9 Å². The van der Waals surface area contributed by atoms with Gasteiger partial charge >= 0.3 is 6.85 Å². The molecule has 0 fully saturated rings. The Kier molecular flexibility index (Phi) is 7.52. The van der Waals surface area contributed by atoms with Crippen LogP contribution in [0.5, 0.6) is 11.5 Å². The second kappa shape index (κ2) is 13.0. The van der Waals surface area contributed by atoms with E-state index < -0.39 is 0 Å². The first-order valence-electron chi connectivity index (χ1n) is 20.7. The van der Waals surface area contributed by atoms with Gasteiger partial charge in [-0.25, -0.2) is 0 Å². The molecule has 0 bridgehead atoms. The van der Waals surface area contributed by atoms with Crippen LogP contribution in [0.15, 0.2) is 192 Å². The highest BCUT2D eigenvalue weighted by Gasteiger charge is 2.51. The van der Waals surface area contributed by atoms with E-state index in [1.807, 2.05) is 6.07 Å². The summed E-state index contributed by atoms with van der Waals surface area (Å²) in [6.07, 6.45) is 0. The predicted octanol–water partition coefficient (Wildman–Crippen LogP) is 13.7. The molecule has 4 heterocycles. The summed E-state index contributed by atoms with van der Waals surface area (Å²) in [4.78, 5) is 7.35. The van der Waals surface area contributed by atoms with Crippen LogP contribution in [0.25, 0.3) is 33.2 Å². The summed E-state index contributed by atoms with van der Waals surface area (Å²) in [7, 11) is 0. The largest absolute Gasteiger partial charge is 0.466 e. The molecule has 286 valence electrons. The summed E-state index contributed by atoms with van der Waals surface area (Å²) >= 11 is 0. The molecule has 0 amide bonds. The number of hydrogen-bond acceptors (Lipinski definition) is 5. The van der Waals surface area contributed by atoms with Gasteiger partial charge in [0.15, 0.2) is 5.75 Å². The molecular formula is C54H40BN3O2. The minimum Gasteiger partial charge on any atom is -0.466 e. The van der Waals surface area contributed by atoms with Gasteiger partial charge in [0, 0.05) is 39.3 Å². The summed E-state index contributed by atoms with van der Waals surface area (Å²) in [5, 5.41) is 1.06. The zero-order chi connectivity index (χ0) is 40.1. The lowest BCUT2D eigenvalue weighted by molar-refractivity contribution is 0.478. The van der Waals surface area contributed by atoms with Crippen LogP contribution in [0.3, 0.4) is 0 Å². The van der Waals surface area contributed by atoms with Crippen molar-refractivity contribution < 1.29 is 9.15 Å². The van der Waals surface area contributed by atoms with Gasteiger partial charge in [0.2, 0.25) is 0 Å². The summed E-state index contributed by atoms with van der Waals surface area (Å²) in [5.74, 6) is 1.66. The van der Waals surface area contributed by atoms with Crippen LogP contribution in [0.4, 0.5) is 45.5 Å². The number of benzene rings is 8. The Morgan fingerprint density at radius 3 is 1.92 bits per heavy atom. The number of nitrogens with zero attached hydrogens (tertiary/aromatic N) is 3. The summed E-state index contributed by atoms with van der Waals surface area (Å²) in [6, 6.07) is 67.4. The minimum atomic E-state index is -0.294. The number of ether oxygens (including phenoxy) is 1. The maximum Gasteiger partial charge on any atom is 0.376 e. The third-order valence-electron chi connectivity index (χ3n) is 12.3.